The van der Waals surface area contributed by atoms with Crippen LogP contribution >= 0.6 is 0 Å². The lowest BCUT2D eigenvalue weighted by Crippen LogP contribution is -2.25. The van der Waals surface area contributed by atoms with Crippen LogP contribution in [0, 0.1) is 5.41 Å². The summed E-state index contributed by atoms with van der Waals surface area (Å²) in [6.07, 6.45) is 3.04. The van der Waals surface area contributed by atoms with Gasteiger partial charge in [0.15, 0.2) is 0 Å². The third kappa shape index (κ3) is 2.23. The maximum atomic E-state index is 4.18. The van der Waals surface area contributed by atoms with Gasteiger partial charge in [-0.25, -0.2) is 0 Å². The summed E-state index contributed by atoms with van der Waals surface area (Å²) in [5, 5.41) is 6.16. The second-order valence-electron chi connectivity index (χ2n) is 4.78. The predicted molar refractivity (Wildman–Crippen MR) is 69.6 cm³/mol. The normalized spacial score (nSPS) is 19.9. The molecule has 1 aliphatic heterocycles. The van der Waals surface area contributed by atoms with Gasteiger partial charge in [-0.3, -0.25) is 0 Å². The van der Waals surface area contributed by atoms with E-state index in [-0.39, 0.29) is 5.41 Å². The molecular weight excluding hydrogens is 198 g/mol. The number of likely N-dealkylation sites (tertiary alicyclic amines) is 1. The van der Waals surface area contributed by atoms with Crippen molar-refractivity contribution in [1.29, 1.82) is 0 Å². The first-order valence-corrected chi connectivity index (χ1v) is 5.65. The van der Waals surface area contributed by atoms with Crippen LogP contribution in [-0.2, 0) is 0 Å². The van der Waals surface area contributed by atoms with Crippen molar-refractivity contribution >= 4 is 0 Å². The van der Waals surface area contributed by atoms with Crippen molar-refractivity contribution in [3.8, 4) is 0 Å². The topological polar surface area (TPSA) is 27.3 Å². The fourth-order valence-electron chi connectivity index (χ4n) is 1.92. The Bertz CT molecular complexity index is 326. The minimum absolute atomic E-state index is 0.182. The maximum absolute atomic E-state index is 4.18. The molecule has 0 aromatic carbocycles. The highest BCUT2D eigenvalue weighted by atomic mass is 15.2. The van der Waals surface area contributed by atoms with Gasteiger partial charge in [0, 0.05) is 38.0 Å². The third-order valence-electron chi connectivity index (χ3n) is 3.26. The van der Waals surface area contributed by atoms with Crippen LogP contribution < -0.4 is 10.6 Å². The minimum atomic E-state index is 0.182. The molecule has 0 spiro atoms. The first-order chi connectivity index (χ1) is 7.44. The number of nitrogens with one attached hydrogen (secondary N) is 2. The molecule has 3 heteroatoms. The molecule has 0 atom stereocenters. The van der Waals surface area contributed by atoms with Crippen LogP contribution in [0.2, 0.25) is 0 Å². The zero-order valence-corrected chi connectivity index (χ0v) is 10.9. The van der Waals surface area contributed by atoms with Crippen LogP contribution in [0.25, 0.3) is 0 Å². The molecule has 0 unspecified atom stereocenters. The van der Waals surface area contributed by atoms with E-state index in [1.54, 1.807) is 0 Å². The summed E-state index contributed by atoms with van der Waals surface area (Å²) < 4.78 is 0. The van der Waals surface area contributed by atoms with Crippen LogP contribution in [0.5, 0.6) is 0 Å². The molecule has 1 aliphatic rings. The van der Waals surface area contributed by atoms with Gasteiger partial charge in [0.2, 0.25) is 0 Å². The van der Waals surface area contributed by atoms with Gasteiger partial charge in [-0.05, 0) is 6.42 Å². The van der Waals surface area contributed by atoms with Gasteiger partial charge in [-0.2, -0.15) is 0 Å². The molecule has 1 saturated heterocycles. The van der Waals surface area contributed by atoms with Gasteiger partial charge in [-0.1, -0.05) is 27.0 Å². The number of nitrogens with zero attached hydrogens (tertiary/aromatic N) is 1. The average molecular weight is 221 g/mol. The Labute approximate surface area is 98.9 Å². The number of allylic oxidation sites excluding steroid dienone is 1. The highest BCUT2D eigenvalue weighted by Crippen LogP contribution is 2.40. The predicted octanol–water partition coefficient (Wildman–Crippen LogP) is 2.03. The summed E-state index contributed by atoms with van der Waals surface area (Å²) >= 11 is 0. The molecule has 1 fully saturated rings. The van der Waals surface area contributed by atoms with E-state index in [4.69, 9.17) is 0 Å². The van der Waals surface area contributed by atoms with E-state index >= 15 is 0 Å². The number of hydrogen-bond acceptors (Lipinski definition) is 3. The zero-order chi connectivity index (χ0) is 12.3. The van der Waals surface area contributed by atoms with Crippen molar-refractivity contribution in [2.24, 2.45) is 5.41 Å². The first-order valence-electron chi connectivity index (χ1n) is 5.65. The molecule has 0 amide bonds. The first kappa shape index (κ1) is 12.7. The van der Waals surface area contributed by atoms with Crippen molar-refractivity contribution in [1.82, 2.24) is 15.5 Å². The second kappa shape index (κ2) is 4.64. The highest BCUT2D eigenvalue weighted by Gasteiger charge is 2.34. The van der Waals surface area contributed by atoms with Gasteiger partial charge < -0.3 is 15.5 Å². The number of likely N-dealkylation sites (N-methyl/N-ethyl adjacent to an activating group) is 1. The molecule has 0 aliphatic carbocycles. The SMILES string of the molecule is C=C(/C(=C\NC)NC)N1CCC(C)(C)C1=C. The van der Waals surface area contributed by atoms with E-state index in [2.05, 4.69) is 42.5 Å². The van der Waals surface area contributed by atoms with E-state index < -0.39 is 0 Å². The summed E-state index contributed by atoms with van der Waals surface area (Å²) in [5.74, 6) is 0. The molecule has 16 heavy (non-hydrogen) atoms. The molecule has 0 aromatic rings. The molecular formula is C13H23N3. The Hall–Kier alpha value is -1.38. The second-order valence-corrected chi connectivity index (χ2v) is 4.78. The van der Waals surface area contributed by atoms with Gasteiger partial charge in [-0.15, -0.1) is 0 Å². The smallest absolute Gasteiger partial charge is 0.0732 e. The summed E-state index contributed by atoms with van der Waals surface area (Å²) in [4.78, 5) is 2.19. The van der Waals surface area contributed by atoms with Crippen LogP contribution in [-0.4, -0.2) is 25.5 Å². The number of rotatable bonds is 4. The lowest BCUT2D eigenvalue weighted by Gasteiger charge is -2.27. The molecule has 1 heterocycles. The van der Waals surface area contributed by atoms with Crippen LogP contribution in [0.15, 0.2) is 36.4 Å². The summed E-state index contributed by atoms with van der Waals surface area (Å²) in [5.41, 5.74) is 3.31. The molecule has 0 radical (unpaired) electrons. The van der Waals surface area contributed by atoms with E-state index in [1.807, 2.05) is 20.3 Å². The summed E-state index contributed by atoms with van der Waals surface area (Å²) in [6.45, 7) is 13.8. The van der Waals surface area contributed by atoms with Crippen molar-refractivity contribution < 1.29 is 0 Å². The fourth-order valence-corrected chi connectivity index (χ4v) is 1.92. The maximum Gasteiger partial charge on any atom is 0.0732 e. The molecule has 2 N–H and O–H groups in total. The third-order valence-corrected chi connectivity index (χ3v) is 3.26. The van der Waals surface area contributed by atoms with Crippen molar-refractivity contribution in [3.63, 3.8) is 0 Å². The Morgan fingerprint density at radius 2 is 2.06 bits per heavy atom. The quantitative estimate of drug-likeness (QED) is 0.711. The average Bonchev–Trinajstić information content (AvgIpc) is 2.50. The Kier molecular flexibility index (Phi) is 3.68. The molecule has 0 bridgehead atoms. The molecule has 0 aromatic heterocycles. The van der Waals surface area contributed by atoms with E-state index in [1.165, 1.54) is 0 Å². The monoisotopic (exact) mass is 221 g/mol. The Morgan fingerprint density at radius 3 is 2.44 bits per heavy atom. The zero-order valence-electron chi connectivity index (χ0n) is 10.9. The fraction of sp³-hybridized carbons (Fsp3) is 0.538. The summed E-state index contributed by atoms with van der Waals surface area (Å²) in [6, 6.07) is 0. The van der Waals surface area contributed by atoms with E-state index in [0.717, 1.165) is 30.1 Å². The van der Waals surface area contributed by atoms with Gasteiger partial charge in [0.05, 0.1) is 11.4 Å². The van der Waals surface area contributed by atoms with Crippen LogP contribution in [0.3, 0.4) is 0 Å². The standard InChI is InChI=1S/C13H23N3/c1-10(12(15-6)9-14-5)16-8-7-13(3,4)11(16)2/h9,14-15H,1-2,7-8H2,3-6H3/b12-9+. The van der Waals surface area contributed by atoms with Gasteiger partial charge >= 0.3 is 0 Å². The van der Waals surface area contributed by atoms with E-state index in [0.29, 0.717) is 0 Å². The lowest BCUT2D eigenvalue weighted by atomic mass is 9.90. The highest BCUT2D eigenvalue weighted by molar-refractivity contribution is 5.31. The van der Waals surface area contributed by atoms with Crippen LogP contribution in [0.4, 0.5) is 0 Å². The van der Waals surface area contributed by atoms with Crippen molar-refractivity contribution in [2.45, 2.75) is 20.3 Å². The Morgan fingerprint density at radius 1 is 1.44 bits per heavy atom. The molecule has 90 valence electrons. The molecule has 3 nitrogen and oxygen atoms in total. The van der Waals surface area contributed by atoms with Crippen molar-refractivity contribution in [3.05, 3.63) is 36.4 Å². The largest absolute Gasteiger partial charge is 0.392 e. The van der Waals surface area contributed by atoms with Gasteiger partial charge in [0.25, 0.3) is 0 Å². The Balaban J connectivity index is 2.84. The summed E-state index contributed by atoms with van der Waals surface area (Å²) in [7, 11) is 3.78. The molecule has 1 rings (SSSR count). The van der Waals surface area contributed by atoms with Crippen LogP contribution in [0.1, 0.15) is 20.3 Å². The minimum Gasteiger partial charge on any atom is -0.392 e. The van der Waals surface area contributed by atoms with Gasteiger partial charge in [0.1, 0.15) is 0 Å². The van der Waals surface area contributed by atoms with Crippen molar-refractivity contribution in [2.75, 3.05) is 20.6 Å². The molecule has 0 saturated carbocycles. The number of hydrogen-bond donors (Lipinski definition) is 2. The van der Waals surface area contributed by atoms with E-state index in [9.17, 15) is 0 Å². The lowest BCUT2D eigenvalue weighted by molar-refractivity contribution is 0.442.